The number of ether oxygens (including phenoxy) is 2. The first kappa shape index (κ1) is 21.6. The number of benzene rings is 2. The van der Waals surface area contributed by atoms with E-state index in [1.165, 1.54) is 22.3 Å². The quantitative estimate of drug-likeness (QED) is 0.545. The lowest BCUT2D eigenvalue weighted by Crippen LogP contribution is -2.52. The summed E-state index contributed by atoms with van der Waals surface area (Å²) in [4.78, 5) is 14.6. The summed E-state index contributed by atoms with van der Waals surface area (Å²) < 4.78 is 11.6. The Balaban J connectivity index is 1.50. The molecule has 1 fully saturated rings. The number of rotatable bonds is 5. The molecule has 1 aliphatic carbocycles. The van der Waals surface area contributed by atoms with Crippen LogP contribution in [0.4, 0.5) is 4.79 Å². The number of carbonyl (C=O) groups is 1. The number of allylic oxidation sites excluding steroid dienone is 2. The van der Waals surface area contributed by atoms with Gasteiger partial charge in [-0.15, -0.1) is 0 Å². The van der Waals surface area contributed by atoms with Gasteiger partial charge in [-0.2, -0.15) is 0 Å². The zero-order chi connectivity index (χ0) is 22.3. The lowest BCUT2D eigenvalue weighted by atomic mass is 9.73. The molecule has 164 valence electrons. The van der Waals surface area contributed by atoms with Crippen LogP contribution in [0, 0.1) is 0 Å². The fraction of sp³-hybridized carbons (Fsp3) is 0.444. The first-order chi connectivity index (χ1) is 14.7. The molecule has 1 atom stereocenters. The van der Waals surface area contributed by atoms with Gasteiger partial charge in [-0.3, -0.25) is 4.90 Å². The summed E-state index contributed by atoms with van der Waals surface area (Å²) in [5.74, 6) is 0. The van der Waals surface area contributed by atoms with Crippen molar-refractivity contribution in [1.29, 1.82) is 0 Å². The summed E-state index contributed by atoms with van der Waals surface area (Å²) in [6.45, 7) is 10.9. The van der Waals surface area contributed by atoms with Crippen LogP contribution in [0.5, 0.6) is 0 Å². The molecule has 31 heavy (non-hydrogen) atoms. The highest BCUT2D eigenvalue weighted by Gasteiger charge is 2.49. The van der Waals surface area contributed by atoms with Gasteiger partial charge in [-0.05, 0) is 69.7 Å². The number of hydrogen-bond acceptors (Lipinski definition) is 3. The van der Waals surface area contributed by atoms with E-state index in [0.29, 0.717) is 13.2 Å². The maximum absolute atomic E-state index is 12.9. The van der Waals surface area contributed by atoms with Gasteiger partial charge in [0.15, 0.2) is 0 Å². The Kier molecular flexibility index (Phi) is 5.47. The van der Waals surface area contributed by atoms with Crippen LogP contribution in [0.2, 0.25) is 0 Å². The molecule has 2 aromatic rings. The zero-order valence-electron chi connectivity index (χ0n) is 19.3. The van der Waals surface area contributed by atoms with Crippen molar-refractivity contribution in [1.82, 2.24) is 4.90 Å². The fourth-order valence-corrected chi connectivity index (χ4v) is 5.32. The predicted molar refractivity (Wildman–Crippen MR) is 124 cm³/mol. The number of nitrogens with zero attached hydrogens (tertiary/aromatic N) is 1. The number of hydrogen-bond donors (Lipinski definition) is 0. The third-order valence-corrected chi connectivity index (χ3v) is 6.63. The molecule has 0 aromatic heterocycles. The summed E-state index contributed by atoms with van der Waals surface area (Å²) in [6, 6.07) is 19.3. The van der Waals surface area contributed by atoms with Gasteiger partial charge in [0.25, 0.3) is 0 Å². The molecule has 0 bridgehead atoms. The molecule has 1 heterocycles. The topological polar surface area (TPSA) is 38.8 Å². The first-order valence-corrected chi connectivity index (χ1v) is 11.1. The minimum atomic E-state index is -0.657. The van der Waals surface area contributed by atoms with E-state index in [1.807, 2.05) is 27.7 Å². The second-order valence-corrected chi connectivity index (χ2v) is 9.81. The zero-order valence-corrected chi connectivity index (χ0v) is 19.3. The van der Waals surface area contributed by atoms with Crippen molar-refractivity contribution in [3.8, 4) is 0 Å². The lowest BCUT2D eigenvalue weighted by Gasteiger charge is -2.36. The molecule has 0 N–H and O–H groups in total. The maximum atomic E-state index is 12.9. The molecule has 0 unspecified atom stereocenters. The van der Waals surface area contributed by atoms with Gasteiger partial charge in [0, 0.05) is 5.41 Å². The standard InChI is InChI=1S/C27H33NO3/c1-20-18-27(21-12-7-6-8-13-21,23-15-10-9-14-22(20)23)16-11-17-30-24(29)28-25(2,3)19-31-26(28,4)5/h6-10,12-15,18H,11,16-17,19H2,1-5H3/t27-/m0/s1. The van der Waals surface area contributed by atoms with Crippen LogP contribution in [0.3, 0.4) is 0 Å². The van der Waals surface area contributed by atoms with E-state index in [9.17, 15) is 4.79 Å². The van der Waals surface area contributed by atoms with Crippen LogP contribution >= 0.6 is 0 Å². The second-order valence-electron chi connectivity index (χ2n) is 9.81. The van der Waals surface area contributed by atoms with Crippen LogP contribution in [0.25, 0.3) is 5.57 Å². The molecule has 2 aliphatic rings. The molecular formula is C27H33NO3. The van der Waals surface area contributed by atoms with Crippen molar-refractivity contribution in [3.05, 3.63) is 77.4 Å². The highest BCUT2D eigenvalue weighted by Crippen LogP contribution is 2.47. The molecule has 0 spiro atoms. The Morgan fingerprint density at radius 2 is 1.71 bits per heavy atom. The highest BCUT2D eigenvalue weighted by atomic mass is 16.6. The van der Waals surface area contributed by atoms with Gasteiger partial charge in [-0.25, -0.2) is 4.79 Å². The van der Waals surface area contributed by atoms with Crippen molar-refractivity contribution in [2.24, 2.45) is 0 Å². The third kappa shape index (κ3) is 3.78. The van der Waals surface area contributed by atoms with Gasteiger partial charge in [0.05, 0.1) is 18.8 Å². The lowest BCUT2D eigenvalue weighted by molar-refractivity contribution is -0.0519. The third-order valence-electron chi connectivity index (χ3n) is 6.63. The number of amides is 1. The van der Waals surface area contributed by atoms with Crippen LogP contribution < -0.4 is 0 Å². The van der Waals surface area contributed by atoms with Crippen molar-refractivity contribution in [2.75, 3.05) is 13.2 Å². The Morgan fingerprint density at radius 3 is 2.39 bits per heavy atom. The predicted octanol–water partition coefficient (Wildman–Crippen LogP) is 6.15. The molecule has 1 aliphatic heterocycles. The molecule has 4 rings (SSSR count). The van der Waals surface area contributed by atoms with E-state index in [4.69, 9.17) is 9.47 Å². The van der Waals surface area contributed by atoms with E-state index >= 15 is 0 Å². The van der Waals surface area contributed by atoms with Gasteiger partial charge < -0.3 is 9.47 Å². The highest BCUT2D eigenvalue weighted by molar-refractivity contribution is 5.77. The number of carbonyl (C=O) groups excluding carboxylic acids is 1. The molecule has 4 heteroatoms. The van der Waals surface area contributed by atoms with Crippen LogP contribution in [-0.4, -0.2) is 35.5 Å². The van der Waals surface area contributed by atoms with Crippen LogP contribution in [0.1, 0.15) is 64.2 Å². The normalized spacial score (nSPS) is 23.4. The Hall–Kier alpha value is -2.59. The Bertz CT molecular complexity index is 977. The Morgan fingerprint density at radius 1 is 1.03 bits per heavy atom. The van der Waals surface area contributed by atoms with E-state index in [0.717, 1.165) is 12.8 Å². The number of fused-ring (bicyclic) bond motifs is 1. The summed E-state index contributed by atoms with van der Waals surface area (Å²) in [5.41, 5.74) is 3.99. The average molecular weight is 420 g/mol. The molecule has 2 aromatic carbocycles. The van der Waals surface area contributed by atoms with E-state index < -0.39 is 5.72 Å². The fourth-order valence-electron chi connectivity index (χ4n) is 5.32. The molecule has 0 saturated carbocycles. The van der Waals surface area contributed by atoms with Gasteiger partial charge in [0.1, 0.15) is 5.72 Å². The average Bonchev–Trinajstić information content (AvgIpc) is 3.16. The second kappa shape index (κ2) is 7.83. The van der Waals surface area contributed by atoms with E-state index in [2.05, 4.69) is 67.6 Å². The summed E-state index contributed by atoms with van der Waals surface area (Å²) in [7, 11) is 0. The van der Waals surface area contributed by atoms with Crippen LogP contribution in [0.15, 0.2) is 60.7 Å². The summed E-state index contributed by atoms with van der Waals surface area (Å²) in [5, 5.41) is 0. The largest absolute Gasteiger partial charge is 0.449 e. The summed E-state index contributed by atoms with van der Waals surface area (Å²) in [6.07, 6.45) is 3.73. The summed E-state index contributed by atoms with van der Waals surface area (Å²) >= 11 is 0. The van der Waals surface area contributed by atoms with Gasteiger partial charge >= 0.3 is 6.09 Å². The van der Waals surface area contributed by atoms with Crippen LogP contribution in [-0.2, 0) is 14.9 Å². The molecule has 1 amide bonds. The smallest absolute Gasteiger partial charge is 0.412 e. The minimum Gasteiger partial charge on any atom is -0.449 e. The van der Waals surface area contributed by atoms with Crippen molar-refractivity contribution in [3.63, 3.8) is 0 Å². The van der Waals surface area contributed by atoms with E-state index in [-0.39, 0.29) is 17.0 Å². The van der Waals surface area contributed by atoms with E-state index in [1.54, 1.807) is 4.90 Å². The minimum absolute atomic E-state index is 0.191. The molecular weight excluding hydrogens is 386 g/mol. The van der Waals surface area contributed by atoms with Crippen molar-refractivity contribution in [2.45, 2.75) is 64.1 Å². The van der Waals surface area contributed by atoms with Crippen molar-refractivity contribution >= 4 is 11.7 Å². The first-order valence-electron chi connectivity index (χ1n) is 11.1. The molecule has 4 nitrogen and oxygen atoms in total. The maximum Gasteiger partial charge on any atom is 0.412 e. The molecule has 0 radical (unpaired) electrons. The van der Waals surface area contributed by atoms with Crippen molar-refractivity contribution < 1.29 is 14.3 Å². The Labute approximate surface area is 185 Å². The van der Waals surface area contributed by atoms with Gasteiger partial charge in [0.2, 0.25) is 0 Å². The molecule has 1 saturated heterocycles. The monoisotopic (exact) mass is 419 g/mol. The van der Waals surface area contributed by atoms with Gasteiger partial charge in [-0.1, -0.05) is 60.7 Å². The SMILES string of the molecule is CC1=C[C@@](CCCOC(=O)N2C(C)(C)COC2(C)C)(c2ccccc2)c2ccccc21.